The molecule has 4 nitrogen and oxygen atoms in total. The number of rotatable bonds is 2. The zero-order chi connectivity index (χ0) is 13.2. The summed E-state index contributed by atoms with van der Waals surface area (Å²) in [7, 11) is 0. The second-order valence-corrected chi connectivity index (χ2v) is 4.59. The van der Waals surface area contributed by atoms with Crippen molar-refractivity contribution < 1.29 is 0 Å². The maximum atomic E-state index is 5.90. The van der Waals surface area contributed by atoms with E-state index in [1.807, 2.05) is 37.3 Å². The Morgan fingerprint density at radius 2 is 1.89 bits per heavy atom. The van der Waals surface area contributed by atoms with Gasteiger partial charge in [-0.05, 0) is 25.1 Å². The largest absolute Gasteiger partial charge is 0.277 e. The van der Waals surface area contributed by atoms with Gasteiger partial charge in [-0.2, -0.15) is 5.10 Å². The molecule has 0 radical (unpaired) electrons. The van der Waals surface area contributed by atoms with Crippen LogP contribution in [-0.4, -0.2) is 20.2 Å². The van der Waals surface area contributed by atoms with E-state index < -0.39 is 0 Å². The van der Waals surface area contributed by atoms with E-state index in [1.165, 1.54) is 0 Å². The molecule has 3 rings (SSSR count). The molecule has 0 spiro atoms. The van der Waals surface area contributed by atoms with Crippen molar-refractivity contribution in [1.29, 1.82) is 0 Å². The van der Waals surface area contributed by atoms with Gasteiger partial charge >= 0.3 is 0 Å². The smallest absolute Gasteiger partial charge is 0.125 e. The number of hydrogen-bond acceptors (Lipinski definition) is 3. The van der Waals surface area contributed by atoms with Gasteiger partial charge in [0.1, 0.15) is 5.82 Å². The number of nitrogens with one attached hydrogen (secondary N) is 1. The molecule has 0 atom stereocenters. The average molecular weight is 271 g/mol. The minimum Gasteiger partial charge on any atom is -0.277 e. The molecule has 0 bridgehead atoms. The predicted octanol–water partition coefficient (Wildman–Crippen LogP) is 3.50. The third-order valence-corrected chi connectivity index (χ3v) is 3.08. The van der Waals surface area contributed by atoms with Crippen LogP contribution < -0.4 is 0 Å². The third kappa shape index (κ3) is 2.35. The number of halogens is 1. The highest BCUT2D eigenvalue weighted by Crippen LogP contribution is 2.29. The van der Waals surface area contributed by atoms with E-state index in [-0.39, 0.29) is 0 Å². The zero-order valence-electron chi connectivity index (χ0n) is 10.3. The molecule has 0 aliphatic carbocycles. The molecule has 94 valence electrons. The Morgan fingerprint density at radius 1 is 1.11 bits per heavy atom. The van der Waals surface area contributed by atoms with E-state index in [1.54, 1.807) is 12.4 Å². The van der Waals surface area contributed by atoms with Gasteiger partial charge in [-0.25, -0.2) is 9.97 Å². The topological polar surface area (TPSA) is 54.5 Å². The van der Waals surface area contributed by atoms with Crippen molar-refractivity contribution in [3.63, 3.8) is 0 Å². The van der Waals surface area contributed by atoms with E-state index >= 15 is 0 Å². The maximum Gasteiger partial charge on any atom is 0.125 e. The van der Waals surface area contributed by atoms with Crippen LogP contribution in [0.5, 0.6) is 0 Å². The Hall–Kier alpha value is -2.20. The Bertz CT molecular complexity index is 703. The molecule has 1 aromatic carbocycles. The molecular weight excluding hydrogens is 260 g/mol. The number of H-pyrrole nitrogens is 1. The molecule has 0 amide bonds. The lowest BCUT2D eigenvalue weighted by atomic mass is 10.1. The third-order valence-electron chi connectivity index (χ3n) is 2.82. The monoisotopic (exact) mass is 270 g/mol. The first-order valence-electron chi connectivity index (χ1n) is 5.83. The van der Waals surface area contributed by atoms with Gasteiger partial charge < -0.3 is 0 Å². The maximum absolute atomic E-state index is 5.90. The molecule has 19 heavy (non-hydrogen) atoms. The quantitative estimate of drug-likeness (QED) is 0.775. The normalized spacial score (nSPS) is 10.6. The van der Waals surface area contributed by atoms with Crippen molar-refractivity contribution in [2.45, 2.75) is 6.92 Å². The zero-order valence-corrected chi connectivity index (χ0v) is 11.0. The number of hydrogen-bond donors (Lipinski definition) is 1. The molecule has 0 aliphatic rings. The summed E-state index contributed by atoms with van der Waals surface area (Å²) in [5.74, 6) is 0.737. The van der Waals surface area contributed by atoms with Crippen molar-refractivity contribution in [3.05, 3.63) is 53.6 Å². The molecular formula is C14H11ClN4. The summed E-state index contributed by atoms with van der Waals surface area (Å²) >= 11 is 5.90. The number of aryl methyl sites for hydroxylation is 1. The van der Waals surface area contributed by atoms with Gasteiger partial charge in [0, 0.05) is 22.3 Å². The first-order chi connectivity index (χ1) is 9.24. The first kappa shape index (κ1) is 11.9. The van der Waals surface area contributed by atoms with Gasteiger partial charge in [-0.1, -0.05) is 23.7 Å². The van der Waals surface area contributed by atoms with Crippen LogP contribution in [0.15, 0.2) is 42.7 Å². The van der Waals surface area contributed by atoms with Crippen molar-refractivity contribution in [3.8, 4) is 22.5 Å². The van der Waals surface area contributed by atoms with Crippen LogP contribution >= 0.6 is 11.6 Å². The minimum atomic E-state index is 0.711. The fourth-order valence-electron chi connectivity index (χ4n) is 1.92. The Kier molecular flexibility index (Phi) is 3.01. The van der Waals surface area contributed by atoms with Crippen LogP contribution in [0.2, 0.25) is 5.02 Å². The fraction of sp³-hybridized carbons (Fsp3) is 0.0714. The molecule has 3 aromatic rings. The van der Waals surface area contributed by atoms with E-state index in [2.05, 4.69) is 20.2 Å². The van der Waals surface area contributed by atoms with Crippen LogP contribution in [0.1, 0.15) is 5.82 Å². The van der Waals surface area contributed by atoms with Gasteiger partial charge in [0.15, 0.2) is 0 Å². The van der Waals surface area contributed by atoms with Gasteiger partial charge in [-0.15, -0.1) is 0 Å². The summed E-state index contributed by atoms with van der Waals surface area (Å²) < 4.78 is 0. The lowest BCUT2D eigenvalue weighted by Gasteiger charge is -2.03. The van der Waals surface area contributed by atoms with E-state index in [4.69, 9.17) is 11.6 Å². The van der Waals surface area contributed by atoms with Gasteiger partial charge in [0.2, 0.25) is 0 Å². The SMILES string of the molecule is Cc1nccc(-c2cn[nH]c2-c2ccc(Cl)cc2)n1. The van der Waals surface area contributed by atoms with Crippen LogP contribution in [0.25, 0.3) is 22.5 Å². The molecule has 0 saturated carbocycles. The molecule has 2 aromatic heterocycles. The lowest BCUT2D eigenvalue weighted by Crippen LogP contribution is -1.90. The van der Waals surface area contributed by atoms with E-state index in [9.17, 15) is 0 Å². The van der Waals surface area contributed by atoms with E-state index in [0.717, 1.165) is 28.3 Å². The van der Waals surface area contributed by atoms with Gasteiger partial charge in [-0.3, -0.25) is 5.10 Å². The number of aromatic amines is 1. The minimum absolute atomic E-state index is 0.711. The Balaban J connectivity index is 2.10. The highest BCUT2D eigenvalue weighted by atomic mass is 35.5. The van der Waals surface area contributed by atoms with Crippen LogP contribution in [0, 0.1) is 6.92 Å². The van der Waals surface area contributed by atoms with Crippen LogP contribution in [0.3, 0.4) is 0 Å². The van der Waals surface area contributed by atoms with Crippen LogP contribution in [-0.2, 0) is 0 Å². The standard InChI is InChI=1S/C14H11ClN4/c1-9-16-7-6-13(18-9)12-8-17-19-14(12)10-2-4-11(15)5-3-10/h2-8H,1H3,(H,17,19). The second kappa shape index (κ2) is 4.82. The lowest BCUT2D eigenvalue weighted by molar-refractivity contribution is 1.06. The summed E-state index contributed by atoms with van der Waals surface area (Å²) in [6.07, 6.45) is 3.52. The Labute approximate surface area is 115 Å². The molecule has 2 heterocycles. The summed E-state index contributed by atoms with van der Waals surface area (Å²) in [5.41, 5.74) is 3.75. The number of nitrogens with zero attached hydrogens (tertiary/aromatic N) is 3. The second-order valence-electron chi connectivity index (χ2n) is 4.15. The highest BCUT2D eigenvalue weighted by Gasteiger charge is 2.11. The summed E-state index contributed by atoms with van der Waals surface area (Å²) in [6.45, 7) is 1.87. The first-order valence-corrected chi connectivity index (χ1v) is 6.21. The summed E-state index contributed by atoms with van der Waals surface area (Å²) in [6, 6.07) is 9.48. The van der Waals surface area contributed by atoms with Crippen molar-refractivity contribution in [2.75, 3.05) is 0 Å². The average Bonchev–Trinajstić information content (AvgIpc) is 2.89. The summed E-state index contributed by atoms with van der Waals surface area (Å²) in [4.78, 5) is 8.53. The van der Waals surface area contributed by atoms with E-state index in [0.29, 0.717) is 5.02 Å². The number of aromatic nitrogens is 4. The van der Waals surface area contributed by atoms with Crippen LogP contribution in [0.4, 0.5) is 0 Å². The molecule has 0 fully saturated rings. The Morgan fingerprint density at radius 3 is 2.63 bits per heavy atom. The van der Waals surface area contributed by atoms with Crippen molar-refractivity contribution >= 4 is 11.6 Å². The van der Waals surface area contributed by atoms with Gasteiger partial charge in [0.05, 0.1) is 17.6 Å². The van der Waals surface area contributed by atoms with Crippen molar-refractivity contribution in [1.82, 2.24) is 20.2 Å². The molecule has 0 unspecified atom stereocenters. The molecule has 0 saturated heterocycles. The molecule has 0 aliphatic heterocycles. The summed E-state index contributed by atoms with van der Waals surface area (Å²) in [5, 5.41) is 7.83. The molecule has 5 heteroatoms. The van der Waals surface area contributed by atoms with Gasteiger partial charge in [0.25, 0.3) is 0 Å². The predicted molar refractivity (Wildman–Crippen MR) is 74.8 cm³/mol. The fourth-order valence-corrected chi connectivity index (χ4v) is 2.05. The van der Waals surface area contributed by atoms with Crippen molar-refractivity contribution in [2.24, 2.45) is 0 Å². The highest BCUT2D eigenvalue weighted by molar-refractivity contribution is 6.30. The molecule has 1 N–H and O–H groups in total. The number of benzene rings is 1.